The van der Waals surface area contributed by atoms with Crippen LogP contribution in [0.4, 0.5) is 4.79 Å². The molecular weight excluding hydrogens is 436 g/mol. The minimum atomic E-state index is -0.977. The maximum absolute atomic E-state index is 12.8. The third-order valence-corrected chi connectivity index (χ3v) is 6.26. The smallest absolute Gasteiger partial charge is 0.328 e. The number of carbonyl (C=O) groups is 3. The Bertz CT molecular complexity index is 1220. The van der Waals surface area contributed by atoms with Crippen LogP contribution >= 0.6 is 23.4 Å². The molecule has 0 unspecified atom stereocenters. The molecule has 1 aromatic heterocycles. The highest BCUT2D eigenvalue weighted by Gasteiger charge is 2.41. The molecule has 0 aliphatic carbocycles. The average molecular weight is 455 g/mol. The third-order valence-electron chi connectivity index (χ3n) is 5.13. The van der Waals surface area contributed by atoms with Crippen molar-refractivity contribution in [3.63, 3.8) is 0 Å². The van der Waals surface area contributed by atoms with Crippen molar-refractivity contribution < 1.29 is 19.1 Å². The second-order valence-electron chi connectivity index (χ2n) is 7.11. The van der Waals surface area contributed by atoms with Crippen molar-refractivity contribution in [2.75, 3.05) is 7.11 Å². The van der Waals surface area contributed by atoms with Gasteiger partial charge in [0, 0.05) is 34.2 Å². The summed E-state index contributed by atoms with van der Waals surface area (Å²) in [7, 11) is 1.23. The number of halogens is 1. The van der Waals surface area contributed by atoms with Gasteiger partial charge in [-0.1, -0.05) is 41.9 Å². The normalized spacial score (nSPS) is 16.4. The molecule has 0 spiro atoms. The number of benzene rings is 2. The van der Waals surface area contributed by atoms with Gasteiger partial charge in [0.05, 0.1) is 12.0 Å². The molecule has 1 aliphatic heterocycles. The van der Waals surface area contributed by atoms with Crippen LogP contribution in [0.3, 0.4) is 0 Å². The lowest BCUT2D eigenvalue weighted by atomic mass is 10.1. The number of methoxy groups -OCH3 is 1. The molecule has 3 aromatic rings. The van der Waals surface area contributed by atoms with Gasteiger partial charge in [-0.2, -0.15) is 0 Å². The van der Waals surface area contributed by atoms with Crippen molar-refractivity contribution in [3.8, 4) is 0 Å². The monoisotopic (exact) mass is 454 g/mol. The van der Waals surface area contributed by atoms with Gasteiger partial charge in [-0.3, -0.25) is 14.5 Å². The molecular formula is C23H19ClN2O4S. The Balaban J connectivity index is 1.69. The van der Waals surface area contributed by atoms with Crippen molar-refractivity contribution >= 4 is 57.5 Å². The molecule has 2 heterocycles. The van der Waals surface area contributed by atoms with Crippen LogP contribution < -0.4 is 0 Å². The number of aromatic nitrogens is 1. The lowest BCUT2D eigenvalue weighted by Crippen LogP contribution is -2.42. The first-order valence-electron chi connectivity index (χ1n) is 9.56. The van der Waals surface area contributed by atoms with Crippen molar-refractivity contribution in [2.24, 2.45) is 0 Å². The fraction of sp³-hybridized carbons (Fsp3) is 0.174. The molecule has 6 nitrogen and oxygen atoms in total. The maximum atomic E-state index is 12.8. The van der Waals surface area contributed by atoms with Gasteiger partial charge in [0.25, 0.3) is 11.1 Å². The number of esters is 1. The molecule has 8 heteroatoms. The number of para-hydroxylation sites is 1. The van der Waals surface area contributed by atoms with Crippen LogP contribution in [0.1, 0.15) is 18.1 Å². The Kier molecular flexibility index (Phi) is 5.89. The molecule has 2 aromatic carbocycles. The lowest BCUT2D eigenvalue weighted by Gasteiger charge is -2.18. The Morgan fingerprint density at radius 1 is 1.16 bits per heavy atom. The molecule has 1 saturated heterocycles. The number of imide groups is 1. The van der Waals surface area contributed by atoms with Gasteiger partial charge in [0.15, 0.2) is 0 Å². The Hall–Kier alpha value is -3.03. The lowest BCUT2D eigenvalue weighted by molar-refractivity contribution is -0.148. The van der Waals surface area contributed by atoms with E-state index in [1.807, 2.05) is 54.7 Å². The van der Waals surface area contributed by atoms with Crippen molar-refractivity contribution in [3.05, 3.63) is 75.8 Å². The number of nitrogens with zero attached hydrogens (tertiary/aromatic N) is 2. The Morgan fingerprint density at radius 2 is 1.87 bits per heavy atom. The number of amides is 2. The first kappa shape index (κ1) is 21.2. The second-order valence-corrected chi connectivity index (χ2v) is 8.54. The first-order valence-corrected chi connectivity index (χ1v) is 10.8. The van der Waals surface area contributed by atoms with Crippen molar-refractivity contribution in [1.29, 1.82) is 0 Å². The summed E-state index contributed by atoms with van der Waals surface area (Å²) in [5.41, 5.74) is 2.91. The SMILES string of the molecule is COC(=O)[C@@H](C)N1C(=O)S/C(=C/c2cn(Cc3ccc(Cl)cc3)c3ccccc23)C1=O. The van der Waals surface area contributed by atoms with E-state index in [1.54, 1.807) is 6.08 Å². The molecule has 31 heavy (non-hydrogen) atoms. The summed E-state index contributed by atoms with van der Waals surface area (Å²) in [6.07, 6.45) is 3.66. The summed E-state index contributed by atoms with van der Waals surface area (Å²) in [5, 5.41) is 1.15. The van der Waals surface area contributed by atoms with Crippen LogP contribution in [0.15, 0.2) is 59.6 Å². The summed E-state index contributed by atoms with van der Waals surface area (Å²) >= 11 is 6.81. The largest absolute Gasteiger partial charge is 0.467 e. The molecule has 0 N–H and O–H groups in total. The topological polar surface area (TPSA) is 68.6 Å². The first-order chi connectivity index (χ1) is 14.9. The zero-order valence-electron chi connectivity index (χ0n) is 16.9. The van der Waals surface area contributed by atoms with Crippen LogP contribution in [0.2, 0.25) is 5.02 Å². The molecule has 1 fully saturated rings. The standard InChI is InChI=1S/C23H19ClN2O4S/c1-14(22(28)30-2)26-21(27)20(31-23(26)29)11-16-13-25(19-6-4-3-5-18(16)19)12-15-7-9-17(24)10-8-15/h3-11,13-14H,12H2,1-2H3/b20-11+/t14-/m1/s1. The van der Waals surface area contributed by atoms with Crippen molar-refractivity contribution in [2.45, 2.75) is 19.5 Å². The van der Waals surface area contributed by atoms with Gasteiger partial charge >= 0.3 is 5.97 Å². The van der Waals surface area contributed by atoms with Gasteiger partial charge in [-0.25, -0.2) is 4.79 Å². The van der Waals surface area contributed by atoms with Crippen LogP contribution in [0.5, 0.6) is 0 Å². The molecule has 158 valence electrons. The number of rotatable bonds is 5. The molecule has 0 radical (unpaired) electrons. The maximum Gasteiger partial charge on any atom is 0.328 e. The number of fused-ring (bicyclic) bond motifs is 1. The number of ether oxygens (including phenoxy) is 1. The zero-order chi connectivity index (χ0) is 22.1. The third kappa shape index (κ3) is 4.11. The van der Waals surface area contributed by atoms with E-state index in [-0.39, 0.29) is 4.91 Å². The number of carbonyl (C=O) groups excluding carboxylic acids is 3. The molecule has 1 aliphatic rings. The quantitative estimate of drug-likeness (QED) is 0.403. The average Bonchev–Trinajstić information content (AvgIpc) is 3.25. The van der Waals surface area contributed by atoms with E-state index in [9.17, 15) is 14.4 Å². The predicted molar refractivity (Wildman–Crippen MR) is 122 cm³/mol. The van der Waals surface area contributed by atoms with Crippen LogP contribution in [0, 0.1) is 0 Å². The minimum absolute atomic E-state index is 0.273. The minimum Gasteiger partial charge on any atom is -0.467 e. The van der Waals surface area contributed by atoms with E-state index < -0.39 is 23.2 Å². The fourth-order valence-electron chi connectivity index (χ4n) is 3.54. The summed E-state index contributed by atoms with van der Waals surface area (Å²) in [5.74, 6) is -1.13. The predicted octanol–water partition coefficient (Wildman–Crippen LogP) is 4.94. The highest BCUT2D eigenvalue weighted by Crippen LogP contribution is 2.35. The van der Waals surface area contributed by atoms with Gasteiger partial charge < -0.3 is 9.30 Å². The van der Waals surface area contributed by atoms with E-state index in [0.717, 1.165) is 38.7 Å². The van der Waals surface area contributed by atoms with Crippen molar-refractivity contribution in [1.82, 2.24) is 9.47 Å². The van der Waals surface area contributed by atoms with E-state index in [4.69, 9.17) is 11.6 Å². The van der Waals surface area contributed by atoms with Gasteiger partial charge in [0.1, 0.15) is 6.04 Å². The van der Waals surface area contributed by atoms with E-state index >= 15 is 0 Å². The second kappa shape index (κ2) is 8.61. The summed E-state index contributed by atoms with van der Waals surface area (Å²) in [4.78, 5) is 38.3. The summed E-state index contributed by atoms with van der Waals surface area (Å²) < 4.78 is 6.76. The highest BCUT2D eigenvalue weighted by atomic mass is 35.5. The van der Waals surface area contributed by atoms with E-state index in [1.165, 1.54) is 14.0 Å². The fourth-order valence-corrected chi connectivity index (χ4v) is 4.56. The van der Waals surface area contributed by atoms with Crippen LogP contribution in [0.25, 0.3) is 17.0 Å². The van der Waals surface area contributed by atoms with Gasteiger partial charge in [-0.05, 0) is 48.5 Å². The molecule has 0 bridgehead atoms. The Labute approximate surface area is 188 Å². The molecule has 0 saturated carbocycles. The zero-order valence-corrected chi connectivity index (χ0v) is 18.4. The molecule has 2 amide bonds. The molecule has 4 rings (SSSR count). The van der Waals surface area contributed by atoms with Gasteiger partial charge in [0.2, 0.25) is 0 Å². The number of hydrogen-bond acceptors (Lipinski definition) is 5. The highest BCUT2D eigenvalue weighted by molar-refractivity contribution is 8.18. The Morgan fingerprint density at radius 3 is 2.58 bits per heavy atom. The van der Waals surface area contributed by atoms with Crippen LogP contribution in [-0.4, -0.2) is 39.7 Å². The van der Waals surface area contributed by atoms with Crippen LogP contribution in [-0.2, 0) is 20.9 Å². The summed E-state index contributed by atoms with van der Waals surface area (Å²) in [6.45, 7) is 2.11. The van der Waals surface area contributed by atoms with Gasteiger partial charge in [-0.15, -0.1) is 0 Å². The number of hydrogen-bond donors (Lipinski definition) is 0. The molecule has 1 atom stereocenters. The number of thioether (sulfide) groups is 1. The van der Waals surface area contributed by atoms with E-state index in [2.05, 4.69) is 9.30 Å². The van der Waals surface area contributed by atoms with E-state index in [0.29, 0.717) is 11.6 Å². The summed E-state index contributed by atoms with van der Waals surface area (Å²) in [6, 6.07) is 14.5.